The van der Waals surface area contributed by atoms with Crippen LogP contribution in [0.2, 0.25) is 0 Å². The van der Waals surface area contributed by atoms with Gasteiger partial charge in [-0.2, -0.15) is 8.42 Å². The average Bonchev–Trinajstić information content (AvgIpc) is 2.80. The summed E-state index contributed by atoms with van der Waals surface area (Å²) in [4.78, 5) is 2.23. The van der Waals surface area contributed by atoms with Gasteiger partial charge in [0.05, 0.1) is 4.90 Å². The van der Waals surface area contributed by atoms with Crippen molar-refractivity contribution in [3.8, 4) is 0 Å². The van der Waals surface area contributed by atoms with E-state index in [0.717, 1.165) is 30.5 Å². The van der Waals surface area contributed by atoms with Crippen molar-refractivity contribution in [2.45, 2.75) is 69.7 Å². The van der Waals surface area contributed by atoms with Gasteiger partial charge < -0.3 is 9.47 Å². The van der Waals surface area contributed by atoms with Crippen LogP contribution in [0.1, 0.15) is 58.3 Å². The molecule has 0 aliphatic rings. The van der Waals surface area contributed by atoms with Crippen LogP contribution in [0, 0.1) is 0 Å². The van der Waals surface area contributed by atoms with Crippen LogP contribution >= 0.6 is 0 Å². The van der Waals surface area contributed by atoms with Gasteiger partial charge in [-0.05, 0) is 30.7 Å². The molecule has 0 aliphatic carbocycles. The second-order valence-corrected chi connectivity index (χ2v) is 10.4. The monoisotopic (exact) mass is 467 g/mol. The zero-order valence-electron chi connectivity index (χ0n) is 20.2. The highest BCUT2D eigenvalue weighted by molar-refractivity contribution is 7.90. The number of benzene rings is 2. The molecule has 6 heteroatoms. The Hall–Kier alpha value is -2.60. The Morgan fingerprint density at radius 1 is 0.788 bits per heavy atom. The van der Waals surface area contributed by atoms with E-state index in [2.05, 4.69) is 11.3 Å². The van der Waals surface area contributed by atoms with Crippen molar-refractivity contribution in [3.05, 3.63) is 66.3 Å². The minimum absolute atomic E-state index is 0.242. The van der Waals surface area contributed by atoms with Gasteiger partial charge in [0.1, 0.15) is 5.49 Å². The molecular weight excluding hydrogens is 430 g/mol. The second kappa shape index (κ2) is 12.0. The predicted molar refractivity (Wildman–Crippen MR) is 138 cm³/mol. The van der Waals surface area contributed by atoms with Crippen LogP contribution in [-0.4, -0.2) is 27.1 Å². The van der Waals surface area contributed by atoms with E-state index in [4.69, 9.17) is 0 Å². The number of anilines is 1. The van der Waals surface area contributed by atoms with Gasteiger partial charge in [-0.15, -0.1) is 4.40 Å². The molecule has 0 fully saturated rings. The molecule has 0 spiro atoms. The molecule has 2 aromatic carbocycles. The molecule has 0 bridgehead atoms. The largest absolute Gasteiger partial charge is 0.377 e. The van der Waals surface area contributed by atoms with E-state index >= 15 is 0 Å². The fourth-order valence-electron chi connectivity index (χ4n) is 4.21. The molecule has 33 heavy (non-hydrogen) atoms. The molecule has 1 heterocycles. The summed E-state index contributed by atoms with van der Waals surface area (Å²) < 4.78 is 32.9. The molecule has 0 amide bonds. The third-order valence-electron chi connectivity index (χ3n) is 6.00. The maximum absolute atomic E-state index is 13.4. The van der Waals surface area contributed by atoms with Crippen LogP contribution in [0.25, 0.3) is 10.8 Å². The zero-order valence-corrected chi connectivity index (χ0v) is 21.0. The van der Waals surface area contributed by atoms with Crippen LogP contribution in [0.15, 0.2) is 70.1 Å². The van der Waals surface area contributed by atoms with Crippen LogP contribution < -0.4 is 10.4 Å². The summed E-state index contributed by atoms with van der Waals surface area (Å²) in [5.74, 6) is 0. The molecule has 0 saturated heterocycles. The summed E-state index contributed by atoms with van der Waals surface area (Å²) in [5, 5.41) is 1.59. The van der Waals surface area contributed by atoms with Crippen molar-refractivity contribution in [2.75, 3.05) is 19.0 Å². The van der Waals surface area contributed by atoms with Crippen molar-refractivity contribution < 1.29 is 8.42 Å². The number of unbranched alkanes of at least 4 members (excludes halogenated alkanes) is 7. The lowest BCUT2D eigenvalue weighted by atomic mass is 10.1. The molecular formula is C27H37N3O2S. The van der Waals surface area contributed by atoms with E-state index in [1.807, 2.05) is 66.2 Å². The Balaban J connectivity index is 1.81. The van der Waals surface area contributed by atoms with Crippen molar-refractivity contribution in [1.29, 1.82) is 0 Å². The first-order valence-electron chi connectivity index (χ1n) is 12.1. The minimum atomic E-state index is -3.87. The molecule has 0 saturated carbocycles. The topological polar surface area (TPSA) is 54.7 Å². The number of pyridine rings is 1. The van der Waals surface area contributed by atoms with E-state index in [9.17, 15) is 8.42 Å². The predicted octanol–water partition coefficient (Wildman–Crippen LogP) is 6.14. The Bertz CT molecular complexity index is 1210. The maximum Gasteiger partial charge on any atom is 0.284 e. The molecule has 178 valence electrons. The van der Waals surface area contributed by atoms with Crippen molar-refractivity contribution >= 4 is 26.5 Å². The smallest absolute Gasteiger partial charge is 0.284 e. The van der Waals surface area contributed by atoms with E-state index < -0.39 is 10.0 Å². The summed E-state index contributed by atoms with van der Waals surface area (Å²) in [7, 11) is 0.0462. The van der Waals surface area contributed by atoms with Gasteiger partial charge in [0.25, 0.3) is 10.0 Å². The first-order valence-corrected chi connectivity index (χ1v) is 13.5. The van der Waals surface area contributed by atoms with Gasteiger partial charge in [-0.1, -0.05) is 82.2 Å². The molecule has 5 nitrogen and oxygen atoms in total. The third kappa shape index (κ3) is 6.70. The van der Waals surface area contributed by atoms with Crippen LogP contribution in [0.4, 0.5) is 5.69 Å². The fourth-order valence-corrected chi connectivity index (χ4v) is 5.42. The number of hydrogen-bond donors (Lipinski definition) is 0. The summed E-state index contributed by atoms with van der Waals surface area (Å²) in [6.45, 7) is 3.01. The van der Waals surface area contributed by atoms with Crippen molar-refractivity contribution in [3.63, 3.8) is 0 Å². The summed E-state index contributed by atoms with van der Waals surface area (Å²) in [5.41, 5.74) is 1.45. The standard InChI is InChI=1S/C27H37N3O2S/c1-4-5-6-7-8-9-10-12-21-30-22-13-11-20-27(30)28-33(31,32)26-19-15-16-23-24(26)17-14-18-25(23)29(2)3/h11,13-20,22H,4-10,12,21H2,1-3H3/b28-27+. The first-order chi connectivity index (χ1) is 15.9. The number of rotatable bonds is 12. The Kier molecular flexibility index (Phi) is 9.12. The molecule has 0 radical (unpaired) electrons. The van der Waals surface area contributed by atoms with Gasteiger partial charge >= 0.3 is 0 Å². The minimum Gasteiger partial charge on any atom is -0.377 e. The van der Waals surface area contributed by atoms with Gasteiger partial charge in [0.15, 0.2) is 0 Å². The zero-order chi connectivity index (χ0) is 23.7. The second-order valence-electron chi connectivity index (χ2n) is 8.82. The number of aryl methyl sites for hydroxylation is 1. The van der Waals surface area contributed by atoms with E-state index in [1.54, 1.807) is 18.2 Å². The van der Waals surface area contributed by atoms with Gasteiger partial charge in [-0.25, -0.2) is 0 Å². The maximum atomic E-state index is 13.4. The quantitative estimate of drug-likeness (QED) is 0.301. The summed E-state index contributed by atoms with van der Waals surface area (Å²) in [6, 6.07) is 16.7. The number of fused-ring (bicyclic) bond motifs is 1. The van der Waals surface area contributed by atoms with Crippen LogP contribution in [-0.2, 0) is 16.6 Å². The number of aromatic nitrogens is 1. The normalized spacial score (nSPS) is 12.4. The van der Waals surface area contributed by atoms with Crippen molar-refractivity contribution in [1.82, 2.24) is 4.57 Å². The highest BCUT2D eigenvalue weighted by Gasteiger charge is 2.18. The molecule has 3 rings (SSSR count). The lowest BCUT2D eigenvalue weighted by Gasteiger charge is -2.16. The van der Waals surface area contributed by atoms with Gasteiger partial charge in [0.2, 0.25) is 0 Å². The van der Waals surface area contributed by atoms with E-state index in [-0.39, 0.29) is 4.90 Å². The number of hydrogen-bond acceptors (Lipinski definition) is 3. The Morgan fingerprint density at radius 2 is 1.45 bits per heavy atom. The summed E-state index contributed by atoms with van der Waals surface area (Å²) in [6.07, 6.45) is 11.8. The van der Waals surface area contributed by atoms with Crippen LogP contribution in [0.3, 0.4) is 0 Å². The Morgan fingerprint density at radius 3 is 2.18 bits per heavy atom. The molecule has 0 aliphatic heterocycles. The summed E-state index contributed by atoms with van der Waals surface area (Å²) >= 11 is 0. The molecule has 0 atom stereocenters. The molecule has 0 unspecified atom stereocenters. The third-order valence-corrected chi connectivity index (χ3v) is 7.34. The lowest BCUT2D eigenvalue weighted by Crippen LogP contribution is -2.22. The molecule has 3 aromatic rings. The van der Waals surface area contributed by atoms with E-state index in [1.165, 1.54) is 38.5 Å². The molecule has 0 N–H and O–H groups in total. The van der Waals surface area contributed by atoms with Gasteiger partial charge in [0, 0.05) is 43.3 Å². The fraction of sp³-hybridized carbons (Fsp3) is 0.444. The first kappa shape index (κ1) is 25.0. The van der Waals surface area contributed by atoms with E-state index in [0.29, 0.717) is 10.9 Å². The lowest BCUT2D eigenvalue weighted by molar-refractivity contribution is 0.535. The highest BCUT2D eigenvalue weighted by Crippen LogP contribution is 2.30. The number of nitrogens with zero attached hydrogens (tertiary/aromatic N) is 3. The molecule has 1 aromatic heterocycles. The average molecular weight is 468 g/mol. The Labute approximate surface area is 198 Å². The number of sulfonamides is 1. The van der Waals surface area contributed by atoms with Gasteiger partial charge in [-0.3, -0.25) is 0 Å². The van der Waals surface area contributed by atoms with Crippen LogP contribution in [0.5, 0.6) is 0 Å². The SMILES string of the molecule is CCCCCCCCCCn1cccc/c1=N\S(=O)(=O)c1cccc2c(N(C)C)cccc12. The highest BCUT2D eigenvalue weighted by atomic mass is 32.2. The van der Waals surface area contributed by atoms with Crippen molar-refractivity contribution in [2.24, 2.45) is 4.40 Å².